The number of nitrogens with one attached hydrogen (secondary N) is 1. The molecule has 18 heavy (non-hydrogen) atoms. The van der Waals surface area contributed by atoms with Crippen LogP contribution in [0.5, 0.6) is 0 Å². The SMILES string of the molecule is CC(NC(=O)C12CC1C2)c1nc2c(s1)COCC2. The number of carbonyl (C=O) groups excluding carboxylic acids is 1. The molecule has 0 bridgehead atoms. The second-order valence-corrected chi connectivity index (χ2v) is 6.80. The summed E-state index contributed by atoms with van der Waals surface area (Å²) >= 11 is 1.68. The lowest BCUT2D eigenvalue weighted by Gasteiger charge is -2.12. The van der Waals surface area contributed by atoms with Crippen molar-refractivity contribution in [3.05, 3.63) is 15.6 Å². The van der Waals surface area contributed by atoms with Crippen LogP contribution in [-0.2, 0) is 22.6 Å². The summed E-state index contributed by atoms with van der Waals surface area (Å²) in [4.78, 5) is 17.9. The van der Waals surface area contributed by atoms with Gasteiger partial charge < -0.3 is 10.1 Å². The first-order chi connectivity index (χ1) is 8.69. The van der Waals surface area contributed by atoms with E-state index in [1.807, 2.05) is 6.92 Å². The van der Waals surface area contributed by atoms with Crippen molar-refractivity contribution in [2.45, 2.75) is 38.8 Å². The number of ether oxygens (including phenoxy) is 1. The Bertz CT molecular complexity index is 496. The maximum Gasteiger partial charge on any atom is 0.227 e. The van der Waals surface area contributed by atoms with E-state index in [-0.39, 0.29) is 17.4 Å². The number of nitrogens with zero attached hydrogens (tertiary/aromatic N) is 1. The molecule has 5 heteroatoms. The molecule has 4 nitrogen and oxygen atoms in total. The minimum absolute atomic E-state index is 0.0318. The lowest BCUT2D eigenvalue weighted by Crippen LogP contribution is -2.30. The molecule has 96 valence electrons. The van der Waals surface area contributed by atoms with Gasteiger partial charge in [0.25, 0.3) is 0 Å². The molecule has 2 fully saturated rings. The van der Waals surface area contributed by atoms with Gasteiger partial charge in [-0.05, 0) is 25.7 Å². The van der Waals surface area contributed by atoms with Gasteiger partial charge in [-0.25, -0.2) is 4.98 Å². The van der Waals surface area contributed by atoms with Crippen molar-refractivity contribution in [3.63, 3.8) is 0 Å². The highest BCUT2D eigenvalue weighted by atomic mass is 32.1. The average Bonchev–Trinajstić information content (AvgIpc) is 3.16. The Balaban J connectivity index is 1.48. The molecule has 0 spiro atoms. The smallest absolute Gasteiger partial charge is 0.227 e. The van der Waals surface area contributed by atoms with Crippen molar-refractivity contribution in [2.24, 2.45) is 11.3 Å². The number of carbonyl (C=O) groups is 1. The molecule has 0 radical (unpaired) electrons. The van der Waals surface area contributed by atoms with E-state index in [9.17, 15) is 4.79 Å². The van der Waals surface area contributed by atoms with Gasteiger partial charge in [0, 0.05) is 6.42 Å². The number of thiazole rings is 1. The van der Waals surface area contributed by atoms with Crippen LogP contribution in [0.1, 0.15) is 41.4 Å². The Labute approximate surface area is 110 Å². The van der Waals surface area contributed by atoms with E-state index < -0.39 is 0 Å². The maximum atomic E-state index is 12.0. The first-order valence-corrected chi connectivity index (χ1v) is 7.38. The Hall–Kier alpha value is -0.940. The van der Waals surface area contributed by atoms with Crippen molar-refractivity contribution in [2.75, 3.05) is 6.61 Å². The standard InChI is InChI=1S/C13H16N2O2S/c1-7(14-12(16)13-4-8(13)5-13)11-15-9-2-3-17-6-10(9)18-11/h7-8H,2-6H2,1H3,(H,14,16). The molecule has 1 unspecified atom stereocenters. The maximum absolute atomic E-state index is 12.0. The molecule has 1 amide bonds. The van der Waals surface area contributed by atoms with E-state index in [0.29, 0.717) is 12.5 Å². The van der Waals surface area contributed by atoms with Crippen molar-refractivity contribution < 1.29 is 9.53 Å². The van der Waals surface area contributed by atoms with E-state index >= 15 is 0 Å². The van der Waals surface area contributed by atoms with Crippen LogP contribution >= 0.6 is 11.3 Å². The minimum Gasteiger partial charge on any atom is -0.375 e. The fraction of sp³-hybridized carbons (Fsp3) is 0.692. The van der Waals surface area contributed by atoms with E-state index in [0.717, 1.165) is 36.6 Å². The highest BCUT2D eigenvalue weighted by Gasteiger charge is 2.74. The largest absolute Gasteiger partial charge is 0.375 e. The summed E-state index contributed by atoms with van der Waals surface area (Å²) < 4.78 is 5.42. The summed E-state index contributed by atoms with van der Waals surface area (Å²) in [6.45, 7) is 3.47. The van der Waals surface area contributed by atoms with Crippen LogP contribution in [-0.4, -0.2) is 17.5 Å². The van der Waals surface area contributed by atoms with Gasteiger partial charge in [0.2, 0.25) is 5.91 Å². The Kier molecular flexibility index (Phi) is 2.15. The monoisotopic (exact) mass is 264 g/mol. The van der Waals surface area contributed by atoms with Crippen molar-refractivity contribution >= 4 is 17.2 Å². The second kappa shape index (κ2) is 3.54. The minimum atomic E-state index is 0.0318. The van der Waals surface area contributed by atoms with Gasteiger partial charge in [0.1, 0.15) is 5.01 Å². The third-order valence-corrected chi connectivity index (χ3v) is 5.62. The fourth-order valence-corrected chi connectivity index (χ4v) is 3.76. The summed E-state index contributed by atoms with van der Waals surface area (Å²) in [6.07, 6.45) is 3.11. The zero-order valence-electron chi connectivity index (χ0n) is 10.4. The van der Waals surface area contributed by atoms with Gasteiger partial charge in [0.05, 0.1) is 35.2 Å². The van der Waals surface area contributed by atoms with E-state index in [1.165, 1.54) is 4.88 Å². The number of amides is 1. The lowest BCUT2D eigenvalue weighted by atomic mass is 10.2. The topological polar surface area (TPSA) is 51.2 Å². The van der Waals surface area contributed by atoms with Crippen molar-refractivity contribution in [1.82, 2.24) is 10.3 Å². The molecule has 2 saturated carbocycles. The lowest BCUT2D eigenvalue weighted by molar-refractivity contribution is -0.124. The van der Waals surface area contributed by atoms with Crippen LogP contribution < -0.4 is 5.32 Å². The van der Waals surface area contributed by atoms with E-state index in [2.05, 4.69) is 10.3 Å². The first-order valence-electron chi connectivity index (χ1n) is 6.56. The number of hydrogen-bond donors (Lipinski definition) is 1. The van der Waals surface area contributed by atoms with Gasteiger partial charge in [-0.1, -0.05) is 0 Å². The third-order valence-electron chi connectivity index (χ3n) is 4.36. The summed E-state index contributed by atoms with van der Waals surface area (Å²) in [5.41, 5.74) is 1.21. The Morgan fingerprint density at radius 1 is 1.61 bits per heavy atom. The van der Waals surface area contributed by atoms with Crippen LogP contribution in [0.2, 0.25) is 0 Å². The molecule has 4 rings (SSSR count). The molecule has 0 saturated heterocycles. The zero-order valence-corrected chi connectivity index (χ0v) is 11.2. The average molecular weight is 264 g/mol. The van der Waals surface area contributed by atoms with Gasteiger partial charge in [-0.15, -0.1) is 11.3 Å². The Morgan fingerprint density at radius 2 is 2.39 bits per heavy atom. The number of rotatable bonds is 3. The van der Waals surface area contributed by atoms with Gasteiger partial charge in [-0.3, -0.25) is 4.79 Å². The molecule has 2 heterocycles. The van der Waals surface area contributed by atoms with Gasteiger partial charge in [0.15, 0.2) is 0 Å². The molecule has 1 aromatic rings. The number of hydrogen-bond acceptors (Lipinski definition) is 4. The molecule has 1 atom stereocenters. The summed E-state index contributed by atoms with van der Waals surface area (Å²) in [5, 5.41) is 4.14. The molecule has 1 aliphatic heterocycles. The van der Waals surface area contributed by atoms with Crippen LogP contribution in [0.3, 0.4) is 0 Å². The second-order valence-electron chi connectivity index (χ2n) is 5.68. The summed E-state index contributed by atoms with van der Waals surface area (Å²) in [7, 11) is 0. The predicted molar refractivity (Wildman–Crippen MR) is 67.2 cm³/mol. The van der Waals surface area contributed by atoms with Crippen molar-refractivity contribution in [1.29, 1.82) is 0 Å². The number of aromatic nitrogens is 1. The van der Waals surface area contributed by atoms with Crippen LogP contribution in [0.25, 0.3) is 0 Å². The summed E-state index contributed by atoms with van der Waals surface area (Å²) in [5.74, 6) is 0.937. The quantitative estimate of drug-likeness (QED) is 0.905. The van der Waals surface area contributed by atoms with Gasteiger partial charge in [-0.2, -0.15) is 0 Å². The first kappa shape index (κ1) is 10.9. The van der Waals surface area contributed by atoms with E-state index in [4.69, 9.17) is 4.74 Å². The molecule has 1 N–H and O–H groups in total. The normalized spacial score (nSPS) is 33.3. The summed E-state index contributed by atoms with van der Waals surface area (Å²) in [6, 6.07) is 0.0318. The molecular weight excluding hydrogens is 248 g/mol. The predicted octanol–water partition coefficient (Wildman–Crippen LogP) is 1.80. The third kappa shape index (κ3) is 1.53. The van der Waals surface area contributed by atoms with Crippen molar-refractivity contribution in [3.8, 4) is 0 Å². The molecule has 3 aliphatic rings. The van der Waals surface area contributed by atoms with Crippen LogP contribution in [0.15, 0.2) is 0 Å². The molecule has 2 aliphatic carbocycles. The fourth-order valence-electron chi connectivity index (χ4n) is 2.70. The Morgan fingerprint density at radius 3 is 3.06 bits per heavy atom. The van der Waals surface area contributed by atoms with Crippen LogP contribution in [0, 0.1) is 11.3 Å². The highest BCUT2D eigenvalue weighted by Crippen LogP contribution is 2.75. The van der Waals surface area contributed by atoms with E-state index in [1.54, 1.807) is 11.3 Å². The molecule has 1 aromatic heterocycles. The zero-order chi connectivity index (χ0) is 12.3. The number of fused-ring (bicyclic) bond motifs is 2. The highest BCUT2D eigenvalue weighted by molar-refractivity contribution is 7.11. The molecule has 0 aromatic carbocycles. The van der Waals surface area contributed by atoms with Gasteiger partial charge >= 0.3 is 0 Å². The molecular formula is C13H16N2O2S. The van der Waals surface area contributed by atoms with Crippen LogP contribution in [0.4, 0.5) is 0 Å².